The van der Waals surface area contributed by atoms with Crippen molar-refractivity contribution in [3.8, 4) is 5.75 Å². The molecule has 1 atom stereocenters. The van der Waals surface area contributed by atoms with E-state index in [-0.39, 0.29) is 24.2 Å². The maximum atomic E-state index is 12.5. The molecule has 7 nitrogen and oxygen atoms in total. The summed E-state index contributed by atoms with van der Waals surface area (Å²) in [5, 5.41) is 4.88. The average Bonchev–Trinajstić information content (AvgIpc) is 3.37. The van der Waals surface area contributed by atoms with Gasteiger partial charge in [-0.05, 0) is 18.6 Å². The van der Waals surface area contributed by atoms with Crippen molar-refractivity contribution in [2.45, 2.75) is 19.1 Å². The monoisotopic (exact) mass is 353 g/mol. The number of hydrogen-bond donors (Lipinski definition) is 0. The van der Waals surface area contributed by atoms with Crippen molar-refractivity contribution in [1.82, 2.24) is 15.0 Å². The van der Waals surface area contributed by atoms with E-state index in [1.54, 1.807) is 24.2 Å². The Hall–Kier alpha value is -2.93. The zero-order chi connectivity index (χ0) is 17.9. The standard InChI is InChI=1S/C19H19N3O4/c1-22(14-7-9-24-11-14)19(23)16-10-15(26-21-16)12-25-17-6-2-4-13-5-3-8-20-18(13)17/h2-6,8,10,14H,7,9,11-12H2,1H3. The highest BCUT2D eigenvalue weighted by atomic mass is 16.5. The Morgan fingerprint density at radius 3 is 3.08 bits per heavy atom. The minimum Gasteiger partial charge on any atom is -0.483 e. The fourth-order valence-corrected chi connectivity index (χ4v) is 3.00. The molecule has 7 heteroatoms. The minimum atomic E-state index is -0.178. The summed E-state index contributed by atoms with van der Waals surface area (Å²) in [5.74, 6) is 0.965. The molecule has 0 spiro atoms. The molecule has 1 amide bonds. The molecule has 134 valence electrons. The van der Waals surface area contributed by atoms with Gasteiger partial charge in [0.15, 0.2) is 11.5 Å². The third-order valence-electron chi connectivity index (χ3n) is 4.52. The average molecular weight is 353 g/mol. The molecule has 0 aliphatic carbocycles. The van der Waals surface area contributed by atoms with Crippen LogP contribution >= 0.6 is 0 Å². The van der Waals surface area contributed by atoms with Crippen LogP contribution in [-0.4, -0.2) is 47.3 Å². The number of benzene rings is 1. The molecule has 0 saturated carbocycles. The zero-order valence-electron chi connectivity index (χ0n) is 14.4. The first-order valence-electron chi connectivity index (χ1n) is 8.49. The molecule has 0 radical (unpaired) electrons. The molecule has 1 fully saturated rings. The summed E-state index contributed by atoms with van der Waals surface area (Å²) in [6.45, 7) is 1.41. The highest BCUT2D eigenvalue weighted by Gasteiger charge is 2.26. The smallest absolute Gasteiger partial charge is 0.276 e. The van der Waals surface area contributed by atoms with Gasteiger partial charge in [0.05, 0.1) is 12.6 Å². The van der Waals surface area contributed by atoms with Gasteiger partial charge in [0.1, 0.15) is 17.9 Å². The fraction of sp³-hybridized carbons (Fsp3) is 0.316. The molecule has 1 unspecified atom stereocenters. The molecule has 4 rings (SSSR count). The molecular weight excluding hydrogens is 334 g/mol. The van der Waals surface area contributed by atoms with Gasteiger partial charge in [-0.2, -0.15) is 0 Å². The first-order valence-corrected chi connectivity index (χ1v) is 8.49. The summed E-state index contributed by atoms with van der Waals surface area (Å²) in [7, 11) is 1.76. The Morgan fingerprint density at radius 2 is 2.23 bits per heavy atom. The lowest BCUT2D eigenvalue weighted by Gasteiger charge is -2.21. The molecule has 1 aliphatic heterocycles. The second-order valence-corrected chi connectivity index (χ2v) is 6.23. The van der Waals surface area contributed by atoms with Crippen LogP contribution in [-0.2, 0) is 11.3 Å². The van der Waals surface area contributed by atoms with Crippen LogP contribution in [0.15, 0.2) is 47.1 Å². The minimum absolute atomic E-state index is 0.0839. The number of ether oxygens (including phenoxy) is 2. The van der Waals surface area contributed by atoms with Crippen molar-refractivity contribution in [2.75, 3.05) is 20.3 Å². The number of hydrogen-bond acceptors (Lipinski definition) is 6. The fourth-order valence-electron chi connectivity index (χ4n) is 3.00. The number of nitrogens with zero attached hydrogens (tertiary/aromatic N) is 3. The molecule has 1 aromatic carbocycles. The number of carbonyl (C=O) groups is 1. The van der Waals surface area contributed by atoms with Crippen LogP contribution in [0.1, 0.15) is 22.7 Å². The Morgan fingerprint density at radius 1 is 1.35 bits per heavy atom. The number of amides is 1. The number of rotatable bonds is 5. The second-order valence-electron chi connectivity index (χ2n) is 6.23. The summed E-state index contributed by atoms with van der Waals surface area (Å²) < 4.78 is 16.4. The first-order chi connectivity index (χ1) is 12.7. The maximum absolute atomic E-state index is 12.5. The van der Waals surface area contributed by atoms with E-state index in [1.807, 2.05) is 30.3 Å². The van der Waals surface area contributed by atoms with Crippen LogP contribution in [0.3, 0.4) is 0 Å². The van der Waals surface area contributed by atoms with E-state index in [4.69, 9.17) is 14.0 Å². The van der Waals surface area contributed by atoms with E-state index in [1.165, 1.54) is 0 Å². The van der Waals surface area contributed by atoms with Gasteiger partial charge in [-0.15, -0.1) is 0 Å². The predicted octanol–water partition coefficient (Wildman–Crippen LogP) is 2.66. The van der Waals surface area contributed by atoms with Gasteiger partial charge < -0.3 is 18.9 Å². The van der Waals surface area contributed by atoms with Crippen LogP contribution in [0.4, 0.5) is 0 Å². The van der Waals surface area contributed by atoms with E-state index in [0.717, 1.165) is 17.3 Å². The molecule has 26 heavy (non-hydrogen) atoms. The topological polar surface area (TPSA) is 77.7 Å². The quantitative estimate of drug-likeness (QED) is 0.702. The van der Waals surface area contributed by atoms with E-state index < -0.39 is 0 Å². The molecule has 0 N–H and O–H groups in total. The normalized spacial score (nSPS) is 16.7. The molecule has 2 aromatic heterocycles. The van der Waals surface area contributed by atoms with E-state index in [0.29, 0.717) is 24.7 Å². The van der Waals surface area contributed by atoms with E-state index in [9.17, 15) is 4.79 Å². The van der Waals surface area contributed by atoms with Crippen LogP contribution < -0.4 is 4.74 Å². The first kappa shape index (κ1) is 16.5. The molecule has 3 heterocycles. The number of likely N-dealkylation sites (N-methyl/N-ethyl adjacent to an activating group) is 1. The number of aromatic nitrogens is 2. The summed E-state index contributed by atoms with van der Waals surface area (Å²) in [6.07, 6.45) is 2.56. The lowest BCUT2D eigenvalue weighted by Crippen LogP contribution is -2.37. The third-order valence-corrected chi connectivity index (χ3v) is 4.52. The Kier molecular flexibility index (Phi) is 4.53. The third kappa shape index (κ3) is 3.25. The molecule has 1 aliphatic rings. The molecular formula is C19H19N3O4. The molecule has 0 bridgehead atoms. The highest BCUT2D eigenvalue weighted by molar-refractivity contribution is 5.92. The van der Waals surface area contributed by atoms with Gasteiger partial charge in [-0.25, -0.2) is 0 Å². The van der Waals surface area contributed by atoms with Crippen molar-refractivity contribution in [2.24, 2.45) is 0 Å². The van der Waals surface area contributed by atoms with Crippen LogP contribution in [0, 0.1) is 0 Å². The van der Waals surface area contributed by atoms with Crippen LogP contribution in [0.5, 0.6) is 5.75 Å². The predicted molar refractivity (Wildman–Crippen MR) is 93.9 cm³/mol. The van der Waals surface area contributed by atoms with Crippen molar-refractivity contribution in [3.63, 3.8) is 0 Å². The zero-order valence-corrected chi connectivity index (χ0v) is 14.4. The summed E-state index contributed by atoms with van der Waals surface area (Å²) >= 11 is 0. The van der Waals surface area contributed by atoms with E-state index >= 15 is 0 Å². The van der Waals surface area contributed by atoms with Crippen molar-refractivity contribution < 1.29 is 18.8 Å². The number of pyridine rings is 1. The van der Waals surface area contributed by atoms with Crippen LogP contribution in [0.25, 0.3) is 10.9 Å². The van der Waals surface area contributed by atoms with Crippen molar-refractivity contribution in [1.29, 1.82) is 0 Å². The van der Waals surface area contributed by atoms with Crippen molar-refractivity contribution >= 4 is 16.8 Å². The SMILES string of the molecule is CN(C(=O)c1cc(COc2cccc3cccnc23)on1)C1CCOC1. The number of para-hydroxylation sites is 1. The maximum Gasteiger partial charge on any atom is 0.276 e. The van der Waals surface area contributed by atoms with Crippen molar-refractivity contribution in [3.05, 3.63) is 54.0 Å². The van der Waals surface area contributed by atoms with Gasteiger partial charge >= 0.3 is 0 Å². The van der Waals surface area contributed by atoms with E-state index in [2.05, 4.69) is 10.1 Å². The molecule has 1 saturated heterocycles. The lowest BCUT2D eigenvalue weighted by atomic mass is 10.2. The Labute approximate surface area is 150 Å². The summed E-state index contributed by atoms with van der Waals surface area (Å²) in [6, 6.07) is 11.3. The Bertz CT molecular complexity index is 913. The number of carbonyl (C=O) groups excluding carboxylic acids is 1. The molecule has 3 aromatic rings. The lowest BCUT2D eigenvalue weighted by molar-refractivity contribution is 0.0700. The highest BCUT2D eigenvalue weighted by Crippen LogP contribution is 2.24. The van der Waals surface area contributed by atoms with Gasteiger partial charge in [0, 0.05) is 31.3 Å². The van der Waals surface area contributed by atoms with Gasteiger partial charge in [-0.1, -0.05) is 23.4 Å². The number of fused-ring (bicyclic) bond motifs is 1. The second kappa shape index (κ2) is 7.13. The van der Waals surface area contributed by atoms with Gasteiger partial charge in [0.2, 0.25) is 0 Å². The summed E-state index contributed by atoms with van der Waals surface area (Å²) in [4.78, 5) is 18.5. The Balaban J connectivity index is 1.44. The van der Waals surface area contributed by atoms with Gasteiger partial charge in [0.25, 0.3) is 5.91 Å². The van der Waals surface area contributed by atoms with Crippen LogP contribution in [0.2, 0.25) is 0 Å². The summed E-state index contributed by atoms with van der Waals surface area (Å²) in [5.41, 5.74) is 1.06. The largest absolute Gasteiger partial charge is 0.483 e. The van der Waals surface area contributed by atoms with Gasteiger partial charge in [-0.3, -0.25) is 9.78 Å².